The Morgan fingerprint density at radius 1 is 1.05 bits per heavy atom. The maximum atomic E-state index is 3.56. The van der Waals surface area contributed by atoms with Crippen molar-refractivity contribution in [2.24, 2.45) is 0 Å². The zero-order valence-electron chi connectivity index (χ0n) is 12.3. The van der Waals surface area contributed by atoms with E-state index in [1.807, 2.05) is 0 Å². The second-order valence-electron chi connectivity index (χ2n) is 6.50. The Labute approximate surface area is 121 Å². The average molecular weight is 271 g/mol. The number of rotatable bonds is 1. The Morgan fingerprint density at radius 3 is 3.05 bits per heavy atom. The van der Waals surface area contributed by atoms with Crippen molar-refractivity contribution in [3.8, 4) is 0 Å². The van der Waals surface area contributed by atoms with Crippen LogP contribution in [0.25, 0.3) is 0 Å². The van der Waals surface area contributed by atoms with Crippen LogP contribution in [0.4, 0.5) is 11.4 Å². The normalized spacial score (nSPS) is 26.6. The quantitative estimate of drug-likeness (QED) is 0.847. The standard InChI is InChI=1S/C17H25N3/c1-2-9-19-10-11-20(13-16(19)5-1)15-7-6-14-4-3-8-18-17(14)12-15/h6-7,12,16,18H,1-5,8-11,13H2. The van der Waals surface area contributed by atoms with E-state index in [0.29, 0.717) is 0 Å². The molecule has 0 radical (unpaired) electrons. The van der Waals surface area contributed by atoms with Crippen LogP contribution >= 0.6 is 0 Å². The van der Waals surface area contributed by atoms with Crippen LogP contribution in [0.15, 0.2) is 18.2 Å². The summed E-state index contributed by atoms with van der Waals surface area (Å²) in [4.78, 5) is 5.31. The van der Waals surface area contributed by atoms with E-state index < -0.39 is 0 Å². The fourth-order valence-electron chi connectivity index (χ4n) is 4.04. The summed E-state index contributed by atoms with van der Waals surface area (Å²) in [6, 6.07) is 7.85. The van der Waals surface area contributed by atoms with Crippen molar-refractivity contribution in [2.45, 2.75) is 38.1 Å². The van der Waals surface area contributed by atoms with Gasteiger partial charge in [-0.1, -0.05) is 12.5 Å². The lowest BCUT2D eigenvalue weighted by Crippen LogP contribution is -2.54. The molecule has 1 unspecified atom stereocenters. The van der Waals surface area contributed by atoms with Crippen molar-refractivity contribution in [1.82, 2.24) is 4.90 Å². The van der Waals surface area contributed by atoms with Crippen LogP contribution < -0.4 is 10.2 Å². The molecule has 3 aliphatic heterocycles. The number of benzene rings is 1. The first-order valence-corrected chi connectivity index (χ1v) is 8.26. The summed E-state index contributed by atoms with van der Waals surface area (Å²) in [6.45, 7) is 6.11. The Hall–Kier alpha value is -1.22. The third-order valence-electron chi connectivity index (χ3n) is 5.23. The van der Waals surface area contributed by atoms with E-state index in [4.69, 9.17) is 0 Å². The number of aryl methyl sites for hydroxylation is 1. The van der Waals surface area contributed by atoms with Gasteiger partial charge in [0.25, 0.3) is 0 Å². The minimum atomic E-state index is 0.793. The van der Waals surface area contributed by atoms with Crippen molar-refractivity contribution in [3.05, 3.63) is 23.8 Å². The number of hydrogen-bond donors (Lipinski definition) is 1. The maximum absolute atomic E-state index is 3.56. The van der Waals surface area contributed by atoms with E-state index in [9.17, 15) is 0 Å². The highest BCUT2D eigenvalue weighted by Crippen LogP contribution is 2.30. The summed E-state index contributed by atoms with van der Waals surface area (Å²) in [7, 11) is 0. The summed E-state index contributed by atoms with van der Waals surface area (Å²) in [6.07, 6.45) is 6.71. The molecule has 1 aromatic rings. The average Bonchev–Trinajstić information content (AvgIpc) is 2.54. The third kappa shape index (κ3) is 2.28. The highest BCUT2D eigenvalue weighted by molar-refractivity contribution is 5.63. The molecule has 0 aliphatic carbocycles. The third-order valence-corrected chi connectivity index (χ3v) is 5.23. The molecule has 3 nitrogen and oxygen atoms in total. The number of piperazine rings is 1. The number of piperidine rings is 1. The fourth-order valence-corrected chi connectivity index (χ4v) is 4.04. The largest absolute Gasteiger partial charge is 0.385 e. The van der Waals surface area contributed by atoms with Crippen LogP contribution in [0.3, 0.4) is 0 Å². The van der Waals surface area contributed by atoms with Crippen LogP contribution in [-0.2, 0) is 6.42 Å². The van der Waals surface area contributed by atoms with Crippen LogP contribution in [0.2, 0.25) is 0 Å². The van der Waals surface area contributed by atoms with Crippen molar-refractivity contribution in [2.75, 3.05) is 42.9 Å². The molecule has 1 atom stereocenters. The predicted molar refractivity (Wildman–Crippen MR) is 84.7 cm³/mol. The highest BCUT2D eigenvalue weighted by Gasteiger charge is 2.29. The Balaban J connectivity index is 1.52. The van der Waals surface area contributed by atoms with E-state index in [0.717, 1.165) is 12.6 Å². The molecular weight excluding hydrogens is 246 g/mol. The van der Waals surface area contributed by atoms with E-state index in [-0.39, 0.29) is 0 Å². The number of fused-ring (bicyclic) bond motifs is 2. The van der Waals surface area contributed by atoms with Gasteiger partial charge in [-0.25, -0.2) is 0 Å². The van der Waals surface area contributed by atoms with E-state index in [1.165, 1.54) is 75.2 Å². The molecule has 3 heteroatoms. The van der Waals surface area contributed by atoms with E-state index >= 15 is 0 Å². The lowest BCUT2D eigenvalue weighted by Gasteiger charge is -2.45. The van der Waals surface area contributed by atoms with E-state index in [2.05, 4.69) is 33.3 Å². The van der Waals surface area contributed by atoms with Gasteiger partial charge in [0.05, 0.1) is 0 Å². The number of anilines is 2. The molecule has 0 bridgehead atoms. The van der Waals surface area contributed by atoms with Gasteiger partial charge in [0.2, 0.25) is 0 Å². The van der Waals surface area contributed by atoms with Gasteiger partial charge in [-0.15, -0.1) is 0 Å². The number of hydrogen-bond acceptors (Lipinski definition) is 3. The molecule has 1 aromatic carbocycles. The molecule has 0 saturated carbocycles. The second kappa shape index (κ2) is 5.28. The Bertz CT molecular complexity index is 485. The van der Waals surface area contributed by atoms with Crippen molar-refractivity contribution >= 4 is 11.4 Å². The molecule has 3 heterocycles. The van der Waals surface area contributed by atoms with Gasteiger partial charge in [-0.05, 0) is 49.9 Å². The zero-order chi connectivity index (χ0) is 13.4. The van der Waals surface area contributed by atoms with Gasteiger partial charge in [-0.3, -0.25) is 4.90 Å². The topological polar surface area (TPSA) is 18.5 Å². The van der Waals surface area contributed by atoms with Crippen molar-refractivity contribution in [3.63, 3.8) is 0 Å². The van der Waals surface area contributed by atoms with Crippen LogP contribution in [0.1, 0.15) is 31.2 Å². The molecule has 2 saturated heterocycles. The maximum Gasteiger partial charge on any atom is 0.0393 e. The Kier molecular flexibility index (Phi) is 3.31. The molecule has 1 N–H and O–H groups in total. The number of nitrogens with one attached hydrogen (secondary N) is 1. The predicted octanol–water partition coefficient (Wildman–Crippen LogP) is 2.72. The minimum absolute atomic E-state index is 0.793. The smallest absolute Gasteiger partial charge is 0.0393 e. The van der Waals surface area contributed by atoms with Gasteiger partial charge in [-0.2, -0.15) is 0 Å². The fraction of sp³-hybridized carbons (Fsp3) is 0.647. The number of nitrogens with zero attached hydrogens (tertiary/aromatic N) is 2. The molecule has 0 aromatic heterocycles. The van der Waals surface area contributed by atoms with Crippen molar-refractivity contribution in [1.29, 1.82) is 0 Å². The summed E-state index contributed by atoms with van der Waals surface area (Å²) in [5.41, 5.74) is 4.29. The summed E-state index contributed by atoms with van der Waals surface area (Å²) in [5, 5.41) is 3.56. The lowest BCUT2D eigenvalue weighted by molar-refractivity contribution is 0.133. The second-order valence-corrected chi connectivity index (χ2v) is 6.50. The van der Waals surface area contributed by atoms with Gasteiger partial charge in [0.1, 0.15) is 0 Å². The van der Waals surface area contributed by atoms with Gasteiger partial charge >= 0.3 is 0 Å². The first-order chi connectivity index (χ1) is 9.90. The Morgan fingerprint density at radius 2 is 2.05 bits per heavy atom. The minimum Gasteiger partial charge on any atom is -0.385 e. The summed E-state index contributed by atoms with van der Waals surface area (Å²) in [5.74, 6) is 0. The van der Waals surface area contributed by atoms with Gasteiger partial charge < -0.3 is 10.2 Å². The molecule has 0 amide bonds. The first-order valence-electron chi connectivity index (χ1n) is 8.26. The molecule has 108 valence electrons. The molecule has 0 spiro atoms. The summed E-state index contributed by atoms with van der Waals surface area (Å²) >= 11 is 0. The first kappa shape index (κ1) is 12.5. The van der Waals surface area contributed by atoms with E-state index in [1.54, 1.807) is 0 Å². The van der Waals surface area contributed by atoms with Gasteiger partial charge in [0, 0.05) is 43.6 Å². The van der Waals surface area contributed by atoms with Crippen LogP contribution in [0.5, 0.6) is 0 Å². The van der Waals surface area contributed by atoms with Crippen LogP contribution in [0, 0.1) is 0 Å². The molecule has 4 rings (SSSR count). The van der Waals surface area contributed by atoms with Gasteiger partial charge in [0.15, 0.2) is 0 Å². The molecule has 2 fully saturated rings. The monoisotopic (exact) mass is 271 g/mol. The summed E-state index contributed by atoms with van der Waals surface area (Å²) < 4.78 is 0. The highest BCUT2D eigenvalue weighted by atomic mass is 15.3. The molecular formula is C17H25N3. The molecule has 3 aliphatic rings. The SMILES string of the molecule is c1cc2c(cc1N1CCN3CCCCC3C1)NCCC2. The molecule has 20 heavy (non-hydrogen) atoms. The lowest BCUT2D eigenvalue weighted by atomic mass is 9.98. The van der Waals surface area contributed by atoms with Crippen molar-refractivity contribution < 1.29 is 0 Å². The van der Waals surface area contributed by atoms with Crippen LogP contribution in [-0.4, -0.2) is 43.7 Å². The zero-order valence-corrected chi connectivity index (χ0v) is 12.3.